The van der Waals surface area contributed by atoms with Crippen LogP contribution in [0.3, 0.4) is 0 Å². The number of hydrogen-bond acceptors (Lipinski definition) is 5. The van der Waals surface area contributed by atoms with Crippen molar-refractivity contribution in [2.75, 3.05) is 13.7 Å². The van der Waals surface area contributed by atoms with Crippen molar-refractivity contribution in [1.29, 1.82) is 0 Å². The second-order valence-corrected chi connectivity index (χ2v) is 6.34. The SMILES string of the molecule is Cc1nn(CCO)c(C)c1CN(C)Cc1nc(C(F)(F)F)cs1. The molecule has 128 valence electrons. The van der Waals surface area contributed by atoms with Gasteiger partial charge in [0.1, 0.15) is 5.01 Å². The second-order valence-electron chi connectivity index (χ2n) is 5.39. The highest BCUT2D eigenvalue weighted by Gasteiger charge is 2.33. The highest BCUT2D eigenvalue weighted by Crippen LogP contribution is 2.30. The first-order valence-corrected chi connectivity index (χ1v) is 7.94. The summed E-state index contributed by atoms with van der Waals surface area (Å²) >= 11 is 1.01. The number of nitrogens with zero attached hydrogens (tertiary/aromatic N) is 4. The van der Waals surface area contributed by atoms with E-state index < -0.39 is 11.9 Å². The van der Waals surface area contributed by atoms with E-state index in [0.717, 1.165) is 33.7 Å². The quantitative estimate of drug-likeness (QED) is 0.872. The van der Waals surface area contributed by atoms with Crippen LogP contribution in [-0.4, -0.2) is 38.4 Å². The molecule has 0 spiro atoms. The minimum Gasteiger partial charge on any atom is -0.394 e. The molecule has 9 heteroatoms. The highest BCUT2D eigenvalue weighted by molar-refractivity contribution is 7.09. The van der Waals surface area contributed by atoms with Gasteiger partial charge in [0.05, 0.1) is 25.4 Å². The molecule has 23 heavy (non-hydrogen) atoms. The van der Waals surface area contributed by atoms with Crippen LogP contribution in [0.1, 0.15) is 27.7 Å². The molecule has 0 bridgehead atoms. The summed E-state index contributed by atoms with van der Waals surface area (Å²) in [5.74, 6) is 0. The van der Waals surface area contributed by atoms with Crippen molar-refractivity contribution in [2.24, 2.45) is 0 Å². The minimum absolute atomic E-state index is 0.0105. The lowest BCUT2D eigenvalue weighted by molar-refractivity contribution is -0.140. The molecule has 0 radical (unpaired) electrons. The predicted molar refractivity (Wildman–Crippen MR) is 81.1 cm³/mol. The lowest BCUT2D eigenvalue weighted by Gasteiger charge is -2.15. The van der Waals surface area contributed by atoms with Crippen LogP contribution < -0.4 is 0 Å². The Hall–Kier alpha value is -1.45. The Morgan fingerprint density at radius 2 is 2.00 bits per heavy atom. The molecule has 0 saturated heterocycles. The van der Waals surface area contributed by atoms with Gasteiger partial charge in [-0.15, -0.1) is 11.3 Å². The number of aliphatic hydroxyl groups excluding tert-OH is 1. The van der Waals surface area contributed by atoms with Crippen LogP contribution in [-0.2, 0) is 25.8 Å². The summed E-state index contributed by atoms with van der Waals surface area (Å²) in [6.07, 6.45) is -4.40. The third-order valence-electron chi connectivity index (χ3n) is 3.52. The van der Waals surface area contributed by atoms with E-state index in [4.69, 9.17) is 5.11 Å². The number of thiazole rings is 1. The Balaban J connectivity index is 2.05. The highest BCUT2D eigenvalue weighted by atomic mass is 32.1. The van der Waals surface area contributed by atoms with Crippen LogP contribution in [0.5, 0.6) is 0 Å². The topological polar surface area (TPSA) is 54.2 Å². The van der Waals surface area contributed by atoms with Crippen molar-refractivity contribution in [3.63, 3.8) is 0 Å². The summed E-state index contributed by atoms with van der Waals surface area (Å²) in [6.45, 7) is 5.14. The second kappa shape index (κ2) is 6.98. The van der Waals surface area contributed by atoms with Gasteiger partial charge in [-0.3, -0.25) is 9.58 Å². The van der Waals surface area contributed by atoms with Crippen molar-refractivity contribution < 1.29 is 18.3 Å². The molecule has 0 aromatic carbocycles. The van der Waals surface area contributed by atoms with Crippen molar-refractivity contribution in [3.05, 3.63) is 33.0 Å². The van der Waals surface area contributed by atoms with Crippen molar-refractivity contribution in [1.82, 2.24) is 19.7 Å². The first-order chi connectivity index (χ1) is 10.7. The van der Waals surface area contributed by atoms with Crippen LogP contribution >= 0.6 is 11.3 Å². The maximum Gasteiger partial charge on any atom is 0.434 e. The Morgan fingerprint density at radius 3 is 2.57 bits per heavy atom. The fraction of sp³-hybridized carbons (Fsp3) is 0.571. The van der Waals surface area contributed by atoms with Crippen LogP contribution in [0.2, 0.25) is 0 Å². The molecule has 0 saturated carbocycles. The summed E-state index contributed by atoms with van der Waals surface area (Å²) in [5, 5.41) is 14.9. The normalized spacial score (nSPS) is 12.3. The van der Waals surface area contributed by atoms with Gasteiger partial charge < -0.3 is 5.11 Å². The minimum atomic E-state index is -4.40. The monoisotopic (exact) mass is 348 g/mol. The molecule has 2 aromatic heterocycles. The maximum atomic E-state index is 12.6. The molecule has 2 heterocycles. The summed E-state index contributed by atoms with van der Waals surface area (Å²) in [5.41, 5.74) is 2.00. The summed E-state index contributed by atoms with van der Waals surface area (Å²) in [6, 6.07) is 0. The van der Waals surface area contributed by atoms with Crippen LogP contribution in [0.25, 0.3) is 0 Å². The predicted octanol–water partition coefficient (Wildman–Crippen LogP) is 2.60. The first kappa shape index (κ1) is 17.9. The average Bonchev–Trinajstić information content (AvgIpc) is 3.00. The molecular formula is C14H19F3N4OS. The molecule has 0 unspecified atom stereocenters. The zero-order chi connectivity index (χ0) is 17.2. The molecule has 0 amide bonds. The molecule has 2 rings (SSSR count). The zero-order valence-electron chi connectivity index (χ0n) is 13.2. The van der Waals surface area contributed by atoms with Gasteiger partial charge in [0.25, 0.3) is 0 Å². The summed E-state index contributed by atoms with van der Waals surface area (Å²) < 4.78 is 39.4. The van der Waals surface area contributed by atoms with E-state index in [1.165, 1.54) is 0 Å². The Bertz CT molecular complexity index is 666. The number of aryl methyl sites for hydroxylation is 1. The molecule has 0 aliphatic carbocycles. The van der Waals surface area contributed by atoms with Gasteiger partial charge in [-0.25, -0.2) is 4.98 Å². The van der Waals surface area contributed by atoms with Gasteiger partial charge in [0.15, 0.2) is 5.69 Å². The van der Waals surface area contributed by atoms with Gasteiger partial charge in [-0.2, -0.15) is 18.3 Å². The Labute approximate surface area is 136 Å². The number of alkyl halides is 3. The molecule has 2 aromatic rings. The van der Waals surface area contributed by atoms with Crippen LogP contribution in [0.4, 0.5) is 13.2 Å². The molecule has 1 N–H and O–H groups in total. The summed E-state index contributed by atoms with van der Waals surface area (Å²) in [4.78, 5) is 5.54. The van der Waals surface area contributed by atoms with E-state index in [0.29, 0.717) is 24.6 Å². The number of aliphatic hydroxyl groups is 1. The fourth-order valence-corrected chi connectivity index (χ4v) is 3.23. The molecular weight excluding hydrogens is 329 g/mol. The maximum absolute atomic E-state index is 12.6. The van der Waals surface area contributed by atoms with E-state index in [2.05, 4.69) is 10.1 Å². The van der Waals surface area contributed by atoms with Crippen molar-refractivity contribution in [2.45, 2.75) is 39.7 Å². The lowest BCUT2D eigenvalue weighted by atomic mass is 10.2. The van der Waals surface area contributed by atoms with Gasteiger partial charge in [-0.05, 0) is 20.9 Å². The molecule has 0 atom stereocenters. The molecule has 0 aliphatic rings. The van der Waals surface area contributed by atoms with Gasteiger partial charge >= 0.3 is 6.18 Å². The van der Waals surface area contributed by atoms with E-state index in [1.54, 1.807) is 4.68 Å². The smallest absolute Gasteiger partial charge is 0.394 e. The Morgan fingerprint density at radius 1 is 1.30 bits per heavy atom. The standard InChI is InChI=1S/C14H19F3N4OS/c1-9-11(10(2)21(19-9)4-5-22)6-20(3)7-13-18-12(8-23-13)14(15,16)17/h8,22H,4-7H2,1-3H3. The van der Waals surface area contributed by atoms with Gasteiger partial charge in [0.2, 0.25) is 0 Å². The van der Waals surface area contributed by atoms with Gasteiger partial charge in [0, 0.05) is 23.2 Å². The number of halogens is 3. The fourth-order valence-electron chi connectivity index (χ4n) is 2.35. The lowest BCUT2D eigenvalue weighted by Crippen LogP contribution is -2.18. The number of aromatic nitrogens is 3. The number of rotatable bonds is 6. The van der Waals surface area contributed by atoms with E-state index in [9.17, 15) is 13.2 Å². The average molecular weight is 348 g/mol. The summed E-state index contributed by atoms with van der Waals surface area (Å²) in [7, 11) is 1.83. The molecule has 0 aliphatic heterocycles. The van der Waals surface area contributed by atoms with Crippen LogP contribution in [0.15, 0.2) is 5.38 Å². The third kappa shape index (κ3) is 4.30. The van der Waals surface area contributed by atoms with E-state index in [1.807, 2.05) is 25.8 Å². The Kier molecular flexibility index (Phi) is 5.43. The first-order valence-electron chi connectivity index (χ1n) is 7.06. The zero-order valence-corrected chi connectivity index (χ0v) is 14.0. The number of hydrogen-bond donors (Lipinski definition) is 1. The van der Waals surface area contributed by atoms with Gasteiger partial charge in [-0.1, -0.05) is 0 Å². The van der Waals surface area contributed by atoms with E-state index >= 15 is 0 Å². The van der Waals surface area contributed by atoms with E-state index in [-0.39, 0.29) is 6.61 Å². The molecule has 0 fully saturated rings. The van der Waals surface area contributed by atoms with Crippen molar-refractivity contribution in [3.8, 4) is 0 Å². The van der Waals surface area contributed by atoms with Crippen molar-refractivity contribution >= 4 is 11.3 Å². The largest absolute Gasteiger partial charge is 0.434 e. The third-order valence-corrected chi connectivity index (χ3v) is 4.35. The van der Waals surface area contributed by atoms with Crippen LogP contribution in [0, 0.1) is 13.8 Å². The molecule has 5 nitrogen and oxygen atoms in total.